The second-order valence-corrected chi connectivity index (χ2v) is 11.1. The van der Waals surface area contributed by atoms with Gasteiger partial charge in [-0.05, 0) is 80.4 Å². The van der Waals surface area contributed by atoms with Gasteiger partial charge in [0.1, 0.15) is 18.7 Å². The summed E-state index contributed by atoms with van der Waals surface area (Å²) in [6.45, 7) is 5.50. The zero-order valence-electron chi connectivity index (χ0n) is 22.1. The Morgan fingerprint density at radius 3 is 2.50 bits per heavy atom. The number of likely N-dealkylation sites (tertiary alicyclic amines) is 2. The Morgan fingerprint density at radius 1 is 1.13 bits per heavy atom. The number of nitrogens with zero attached hydrogens (tertiary/aromatic N) is 5. The topological polar surface area (TPSA) is 128 Å². The van der Waals surface area contributed by atoms with Gasteiger partial charge in [-0.15, -0.1) is 0 Å². The summed E-state index contributed by atoms with van der Waals surface area (Å²) in [7, 11) is 0. The summed E-state index contributed by atoms with van der Waals surface area (Å²) >= 11 is 0. The van der Waals surface area contributed by atoms with Gasteiger partial charge in [-0.1, -0.05) is 43.4 Å². The molecule has 1 aromatic carbocycles. The number of ether oxygens (including phenoxy) is 1. The molecule has 5 rings (SSSR count). The van der Waals surface area contributed by atoms with Crippen LogP contribution in [0.25, 0.3) is 10.4 Å². The molecule has 38 heavy (non-hydrogen) atoms. The van der Waals surface area contributed by atoms with Crippen molar-refractivity contribution in [3.8, 4) is 0 Å². The van der Waals surface area contributed by atoms with Crippen molar-refractivity contribution in [2.45, 2.75) is 82.0 Å². The number of piperidine rings is 1. The van der Waals surface area contributed by atoms with E-state index in [2.05, 4.69) is 27.2 Å². The molecule has 0 aromatic heterocycles. The molecule has 3 saturated heterocycles. The lowest BCUT2D eigenvalue weighted by Gasteiger charge is -2.34. The standard InChI is InChI=1S/C28H38N6O4/c1-2-33-14-12-19(13-15-33)18-8-10-21(11-9-18)27(36)30-24(20-6-4-3-5-7-20)28(37)34-16-22(31-32-29)26-25(34)23(35)17-38-26/h8-11,19-20,22,24-26H,2-7,12-17H2,1H3,(H,30,36)/t22-,24+,25-,26-/m1/s1. The van der Waals surface area contributed by atoms with Crippen LogP contribution in [0.2, 0.25) is 0 Å². The summed E-state index contributed by atoms with van der Waals surface area (Å²) in [6.07, 6.45) is 6.43. The molecule has 0 radical (unpaired) electrons. The molecule has 3 heterocycles. The van der Waals surface area contributed by atoms with E-state index in [9.17, 15) is 14.4 Å². The van der Waals surface area contributed by atoms with Crippen LogP contribution in [-0.4, -0.2) is 84.4 Å². The Kier molecular flexibility index (Phi) is 8.31. The van der Waals surface area contributed by atoms with Gasteiger partial charge in [-0.3, -0.25) is 14.4 Å². The first-order valence-corrected chi connectivity index (χ1v) is 14.1. The quantitative estimate of drug-likeness (QED) is 0.333. The Morgan fingerprint density at radius 2 is 1.84 bits per heavy atom. The van der Waals surface area contributed by atoms with Gasteiger partial charge in [0, 0.05) is 17.0 Å². The maximum Gasteiger partial charge on any atom is 0.251 e. The molecule has 1 saturated carbocycles. The van der Waals surface area contributed by atoms with Crippen LogP contribution in [0, 0.1) is 5.92 Å². The van der Waals surface area contributed by atoms with E-state index in [1.165, 1.54) is 10.5 Å². The first-order valence-electron chi connectivity index (χ1n) is 14.1. The fourth-order valence-electron chi connectivity index (χ4n) is 6.77. The predicted octanol–water partition coefficient (Wildman–Crippen LogP) is 3.42. The van der Waals surface area contributed by atoms with E-state index in [1.807, 2.05) is 24.3 Å². The molecule has 1 aromatic rings. The smallest absolute Gasteiger partial charge is 0.251 e. The van der Waals surface area contributed by atoms with E-state index in [1.54, 1.807) is 0 Å². The number of fused-ring (bicyclic) bond motifs is 1. The van der Waals surface area contributed by atoms with Crippen molar-refractivity contribution in [3.05, 3.63) is 45.8 Å². The van der Waals surface area contributed by atoms with Crippen LogP contribution in [0.4, 0.5) is 0 Å². The number of amides is 2. The average Bonchev–Trinajstić information content (AvgIpc) is 3.52. The minimum absolute atomic E-state index is 0.00221. The van der Waals surface area contributed by atoms with Gasteiger partial charge in [-0.2, -0.15) is 0 Å². The Bertz CT molecular complexity index is 1070. The lowest BCUT2D eigenvalue weighted by Crippen LogP contribution is -2.55. The number of Topliss-reactive ketones (excluding diaryl/α,β-unsaturated/α-hetero) is 1. The summed E-state index contributed by atoms with van der Waals surface area (Å²) in [4.78, 5) is 46.8. The minimum atomic E-state index is -0.764. The number of ketones is 1. The van der Waals surface area contributed by atoms with Crippen molar-refractivity contribution in [2.24, 2.45) is 11.0 Å². The van der Waals surface area contributed by atoms with E-state index in [4.69, 9.17) is 10.3 Å². The number of rotatable bonds is 7. The molecule has 1 N–H and O–H groups in total. The van der Waals surface area contributed by atoms with Crippen molar-refractivity contribution >= 4 is 17.6 Å². The molecule has 10 heteroatoms. The van der Waals surface area contributed by atoms with Crippen LogP contribution in [-0.2, 0) is 14.3 Å². The van der Waals surface area contributed by atoms with Gasteiger partial charge in [0.25, 0.3) is 5.91 Å². The number of benzene rings is 1. The summed E-state index contributed by atoms with van der Waals surface area (Å²) in [6, 6.07) is 5.69. The molecule has 4 aliphatic rings. The van der Waals surface area contributed by atoms with E-state index in [0.29, 0.717) is 11.5 Å². The first kappa shape index (κ1) is 26.7. The molecule has 0 unspecified atom stereocenters. The van der Waals surface area contributed by atoms with Crippen LogP contribution < -0.4 is 5.32 Å². The van der Waals surface area contributed by atoms with E-state index in [0.717, 1.165) is 64.6 Å². The number of carbonyl (C=O) groups is 3. The van der Waals surface area contributed by atoms with E-state index < -0.39 is 24.2 Å². The second-order valence-electron chi connectivity index (χ2n) is 11.1. The molecule has 0 bridgehead atoms. The molecule has 1 aliphatic carbocycles. The number of carbonyl (C=O) groups excluding carboxylic acids is 3. The zero-order valence-corrected chi connectivity index (χ0v) is 22.1. The predicted molar refractivity (Wildman–Crippen MR) is 142 cm³/mol. The number of azide groups is 1. The SMILES string of the molecule is CCN1CCC(c2ccc(C(=O)N[C@H](C(=O)N3C[C@@H](N=[N+]=[N-])[C@H]4OCC(=O)[C@H]43)C3CCCCC3)cc2)CC1. The van der Waals surface area contributed by atoms with Gasteiger partial charge in [-0.25, -0.2) is 0 Å². The highest BCUT2D eigenvalue weighted by Gasteiger charge is 2.53. The van der Waals surface area contributed by atoms with Crippen molar-refractivity contribution < 1.29 is 19.1 Å². The van der Waals surface area contributed by atoms with Gasteiger partial charge in [0.2, 0.25) is 5.91 Å². The lowest BCUT2D eigenvalue weighted by molar-refractivity contribution is -0.139. The molecule has 2 amide bonds. The third-order valence-corrected chi connectivity index (χ3v) is 8.99. The van der Waals surface area contributed by atoms with Crippen LogP contribution in [0.1, 0.15) is 73.7 Å². The maximum absolute atomic E-state index is 13.9. The van der Waals surface area contributed by atoms with Crippen molar-refractivity contribution in [2.75, 3.05) is 32.8 Å². The van der Waals surface area contributed by atoms with Crippen LogP contribution in [0.15, 0.2) is 29.4 Å². The van der Waals surface area contributed by atoms with Crippen molar-refractivity contribution in [1.29, 1.82) is 0 Å². The van der Waals surface area contributed by atoms with Crippen LogP contribution in [0.5, 0.6) is 0 Å². The monoisotopic (exact) mass is 522 g/mol. The Hall–Kier alpha value is -2.94. The van der Waals surface area contributed by atoms with Crippen molar-refractivity contribution in [3.63, 3.8) is 0 Å². The summed E-state index contributed by atoms with van der Waals surface area (Å²) < 4.78 is 5.59. The molecule has 10 nitrogen and oxygen atoms in total. The van der Waals surface area contributed by atoms with Gasteiger partial charge < -0.3 is 19.9 Å². The number of hydrogen-bond donors (Lipinski definition) is 1. The first-order chi connectivity index (χ1) is 18.5. The molecular formula is C28H38N6O4. The second kappa shape index (κ2) is 11.8. The average molecular weight is 523 g/mol. The highest BCUT2D eigenvalue weighted by atomic mass is 16.5. The molecule has 4 fully saturated rings. The zero-order chi connectivity index (χ0) is 26.6. The molecule has 0 spiro atoms. The van der Waals surface area contributed by atoms with E-state index >= 15 is 0 Å². The van der Waals surface area contributed by atoms with Gasteiger partial charge >= 0.3 is 0 Å². The Labute approximate surface area is 223 Å². The van der Waals surface area contributed by atoms with Gasteiger partial charge in [0.05, 0.1) is 12.1 Å². The normalized spacial score (nSPS) is 27.6. The number of nitrogens with one attached hydrogen (secondary N) is 1. The molecule has 3 aliphatic heterocycles. The van der Waals surface area contributed by atoms with Crippen LogP contribution >= 0.6 is 0 Å². The molecular weight excluding hydrogens is 484 g/mol. The van der Waals surface area contributed by atoms with Crippen LogP contribution in [0.3, 0.4) is 0 Å². The molecule has 204 valence electrons. The van der Waals surface area contributed by atoms with E-state index in [-0.39, 0.29) is 36.7 Å². The number of hydrogen-bond acceptors (Lipinski definition) is 6. The maximum atomic E-state index is 13.9. The van der Waals surface area contributed by atoms with Crippen molar-refractivity contribution in [1.82, 2.24) is 15.1 Å². The fraction of sp³-hybridized carbons (Fsp3) is 0.679. The Balaban J connectivity index is 1.31. The largest absolute Gasteiger partial charge is 0.367 e. The fourth-order valence-corrected chi connectivity index (χ4v) is 6.77. The summed E-state index contributed by atoms with van der Waals surface area (Å²) in [5, 5.41) is 6.83. The highest BCUT2D eigenvalue weighted by molar-refractivity contribution is 5.99. The summed E-state index contributed by atoms with van der Waals surface area (Å²) in [5.41, 5.74) is 10.8. The third kappa shape index (κ3) is 5.44. The molecule has 4 atom stereocenters. The third-order valence-electron chi connectivity index (χ3n) is 8.99. The highest BCUT2D eigenvalue weighted by Crippen LogP contribution is 2.34. The summed E-state index contributed by atoms with van der Waals surface area (Å²) in [5.74, 6) is -0.248. The lowest BCUT2D eigenvalue weighted by atomic mass is 9.83. The minimum Gasteiger partial charge on any atom is -0.367 e. The van der Waals surface area contributed by atoms with Gasteiger partial charge in [0.15, 0.2) is 5.78 Å².